The molecule has 3 rings (SSSR count). The Bertz CT molecular complexity index is 1170. The first-order valence-electron chi connectivity index (χ1n) is 15.0. The summed E-state index contributed by atoms with van der Waals surface area (Å²) in [6, 6.07) is 21.9. The molecule has 0 saturated carbocycles. The van der Waals surface area contributed by atoms with Gasteiger partial charge in [0.1, 0.15) is 17.2 Å². The van der Waals surface area contributed by atoms with Crippen LogP contribution in [0.3, 0.4) is 0 Å². The Hall–Kier alpha value is -3.80. The molecule has 0 saturated heterocycles. The Balaban J connectivity index is 1.44. The van der Waals surface area contributed by atoms with E-state index >= 15 is 0 Å². The number of hydrogen-bond acceptors (Lipinski definition) is 6. The SMILES string of the molecule is CCCCCCCCOc1ccc(-c2ccc(C(=O)Oc3ccc(O[C@H](C)C(=O)OCCCCC)cc3)cc2)cc1. The minimum atomic E-state index is -0.725. The van der Waals surface area contributed by atoms with Crippen molar-refractivity contribution in [3.05, 3.63) is 78.4 Å². The van der Waals surface area contributed by atoms with Crippen molar-refractivity contribution in [2.45, 2.75) is 84.7 Å². The van der Waals surface area contributed by atoms with E-state index in [9.17, 15) is 9.59 Å². The maximum Gasteiger partial charge on any atom is 0.347 e. The molecule has 6 heteroatoms. The van der Waals surface area contributed by atoms with Gasteiger partial charge in [-0.2, -0.15) is 0 Å². The van der Waals surface area contributed by atoms with Gasteiger partial charge in [0.05, 0.1) is 18.8 Å². The van der Waals surface area contributed by atoms with Crippen LogP contribution in [0.2, 0.25) is 0 Å². The molecule has 0 aromatic heterocycles. The highest BCUT2D eigenvalue weighted by Crippen LogP contribution is 2.24. The Morgan fingerprint density at radius 1 is 0.610 bits per heavy atom. The van der Waals surface area contributed by atoms with Gasteiger partial charge in [-0.3, -0.25) is 0 Å². The minimum Gasteiger partial charge on any atom is -0.494 e. The number of ether oxygens (including phenoxy) is 4. The normalized spacial score (nSPS) is 11.5. The van der Waals surface area contributed by atoms with Gasteiger partial charge < -0.3 is 18.9 Å². The largest absolute Gasteiger partial charge is 0.494 e. The molecule has 0 unspecified atom stereocenters. The fourth-order valence-electron chi connectivity index (χ4n) is 4.26. The number of esters is 2. The van der Waals surface area contributed by atoms with E-state index in [1.165, 1.54) is 32.1 Å². The molecule has 3 aromatic carbocycles. The lowest BCUT2D eigenvalue weighted by atomic mass is 10.0. The Labute approximate surface area is 245 Å². The van der Waals surface area contributed by atoms with Gasteiger partial charge in [0, 0.05) is 0 Å². The van der Waals surface area contributed by atoms with Crippen LogP contribution in [-0.4, -0.2) is 31.3 Å². The van der Waals surface area contributed by atoms with Crippen molar-refractivity contribution < 1.29 is 28.5 Å². The molecule has 0 radical (unpaired) electrons. The lowest BCUT2D eigenvalue weighted by molar-refractivity contribution is -0.151. The Kier molecular flexibility index (Phi) is 13.8. The minimum absolute atomic E-state index is 0.387. The zero-order valence-corrected chi connectivity index (χ0v) is 24.7. The van der Waals surface area contributed by atoms with Crippen LogP contribution in [0.4, 0.5) is 0 Å². The highest BCUT2D eigenvalue weighted by Gasteiger charge is 2.16. The molecule has 0 amide bonds. The number of benzene rings is 3. The van der Waals surface area contributed by atoms with Gasteiger partial charge in [-0.05, 0) is 79.4 Å². The third-order valence-corrected chi connectivity index (χ3v) is 6.75. The summed E-state index contributed by atoms with van der Waals surface area (Å²) in [4.78, 5) is 24.7. The maximum atomic E-state index is 12.7. The van der Waals surface area contributed by atoms with Crippen LogP contribution in [0.1, 0.15) is 88.9 Å². The van der Waals surface area contributed by atoms with E-state index < -0.39 is 18.0 Å². The van der Waals surface area contributed by atoms with Crippen molar-refractivity contribution in [1.29, 1.82) is 0 Å². The second-order valence-corrected chi connectivity index (χ2v) is 10.2. The van der Waals surface area contributed by atoms with Gasteiger partial charge in [0.25, 0.3) is 0 Å². The Morgan fingerprint density at radius 2 is 1.12 bits per heavy atom. The second-order valence-electron chi connectivity index (χ2n) is 10.2. The molecule has 6 nitrogen and oxygen atoms in total. The van der Waals surface area contributed by atoms with E-state index in [0.717, 1.165) is 49.2 Å². The average molecular weight is 561 g/mol. The molecule has 3 aromatic rings. The first-order chi connectivity index (χ1) is 20.0. The number of carbonyl (C=O) groups is 2. The van der Waals surface area contributed by atoms with Crippen molar-refractivity contribution >= 4 is 11.9 Å². The molecule has 0 fully saturated rings. The summed E-state index contributed by atoms with van der Waals surface area (Å²) in [5, 5.41) is 0. The molecule has 0 heterocycles. The number of unbranched alkanes of at least 4 members (excludes halogenated alkanes) is 7. The van der Waals surface area contributed by atoms with E-state index in [-0.39, 0.29) is 0 Å². The van der Waals surface area contributed by atoms with Crippen LogP contribution in [-0.2, 0) is 9.53 Å². The first-order valence-corrected chi connectivity index (χ1v) is 15.0. The smallest absolute Gasteiger partial charge is 0.347 e. The monoisotopic (exact) mass is 560 g/mol. The predicted molar refractivity (Wildman–Crippen MR) is 163 cm³/mol. The molecule has 0 bridgehead atoms. The van der Waals surface area contributed by atoms with Crippen LogP contribution in [0, 0.1) is 0 Å². The first kappa shape index (κ1) is 31.7. The van der Waals surface area contributed by atoms with Crippen molar-refractivity contribution in [2.24, 2.45) is 0 Å². The number of hydrogen-bond donors (Lipinski definition) is 0. The third-order valence-electron chi connectivity index (χ3n) is 6.75. The summed E-state index contributed by atoms with van der Waals surface area (Å²) in [7, 11) is 0. The van der Waals surface area contributed by atoms with E-state index in [1.54, 1.807) is 43.3 Å². The number of rotatable bonds is 18. The van der Waals surface area contributed by atoms with Gasteiger partial charge in [0.2, 0.25) is 0 Å². The predicted octanol–water partition coefficient (Wildman–Crippen LogP) is 8.81. The van der Waals surface area contributed by atoms with Crippen LogP contribution >= 0.6 is 0 Å². The molecule has 0 spiro atoms. The maximum absolute atomic E-state index is 12.7. The van der Waals surface area contributed by atoms with E-state index in [2.05, 4.69) is 13.8 Å². The topological polar surface area (TPSA) is 71.1 Å². The van der Waals surface area contributed by atoms with E-state index in [4.69, 9.17) is 18.9 Å². The average Bonchev–Trinajstić information content (AvgIpc) is 3.00. The van der Waals surface area contributed by atoms with Crippen molar-refractivity contribution in [1.82, 2.24) is 0 Å². The summed E-state index contributed by atoms with van der Waals surface area (Å²) in [5.74, 6) is 0.903. The fourth-order valence-corrected chi connectivity index (χ4v) is 4.26. The van der Waals surface area contributed by atoms with Crippen molar-refractivity contribution in [3.63, 3.8) is 0 Å². The summed E-state index contributed by atoms with van der Waals surface area (Å²) in [6.07, 6.45) is 9.67. The molecule has 0 aliphatic carbocycles. The number of carbonyl (C=O) groups excluding carboxylic acids is 2. The summed E-state index contributed by atoms with van der Waals surface area (Å²) in [5.41, 5.74) is 2.50. The molecule has 0 N–H and O–H groups in total. The lowest BCUT2D eigenvalue weighted by Gasteiger charge is -2.14. The zero-order valence-electron chi connectivity index (χ0n) is 24.7. The quantitative estimate of drug-likeness (QED) is 0.0879. The van der Waals surface area contributed by atoms with Gasteiger partial charge in [0.15, 0.2) is 6.10 Å². The molecular weight excluding hydrogens is 516 g/mol. The lowest BCUT2D eigenvalue weighted by Crippen LogP contribution is -2.26. The van der Waals surface area contributed by atoms with Crippen LogP contribution in [0.25, 0.3) is 11.1 Å². The highest BCUT2D eigenvalue weighted by molar-refractivity contribution is 5.91. The zero-order chi connectivity index (χ0) is 29.3. The van der Waals surface area contributed by atoms with Gasteiger partial charge >= 0.3 is 11.9 Å². The van der Waals surface area contributed by atoms with Gasteiger partial charge in [-0.1, -0.05) is 83.1 Å². The summed E-state index contributed by atoms with van der Waals surface area (Å²) >= 11 is 0. The molecule has 0 aliphatic heterocycles. The molecule has 41 heavy (non-hydrogen) atoms. The van der Waals surface area contributed by atoms with E-state index in [1.807, 2.05) is 36.4 Å². The molecule has 220 valence electrons. The second kappa shape index (κ2) is 17.8. The summed E-state index contributed by atoms with van der Waals surface area (Å²) < 4.78 is 22.3. The van der Waals surface area contributed by atoms with Crippen molar-refractivity contribution in [2.75, 3.05) is 13.2 Å². The molecule has 0 aliphatic rings. The van der Waals surface area contributed by atoms with Crippen LogP contribution in [0.5, 0.6) is 17.2 Å². The molecular formula is C35H44O6. The highest BCUT2D eigenvalue weighted by atomic mass is 16.6. The van der Waals surface area contributed by atoms with Crippen LogP contribution in [0.15, 0.2) is 72.8 Å². The molecule has 1 atom stereocenters. The van der Waals surface area contributed by atoms with Crippen LogP contribution < -0.4 is 14.2 Å². The standard InChI is InChI=1S/C35H44O6/c1-4-6-8-9-10-12-25-38-31-19-17-29(18-20-31)28-13-15-30(16-14-28)35(37)41-33-23-21-32(22-24-33)40-27(3)34(36)39-26-11-7-5-2/h13-24,27H,4-12,25-26H2,1-3H3/t27-/m1/s1. The van der Waals surface area contributed by atoms with Gasteiger partial charge in [-0.15, -0.1) is 0 Å². The third kappa shape index (κ3) is 11.3. The van der Waals surface area contributed by atoms with Crippen molar-refractivity contribution in [3.8, 4) is 28.4 Å². The van der Waals surface area contributed by atoms with E-state index in [0.29, 0.717) is 23.7 Å². The Morgan fingerprint density at radius 3 is 1.78 bits per heavy atom. The van der Waals surface area contributed by atoms with Gasteiger partial charge in [-0.25, -0.2) is 9.59 Å². The fraction of sp³-hybridized carbons (Fsp3) is 0.429. The summed E-state index contributed by atoms with van der Waals surface area (Å²) in [6.45, 7) is 7.12.